The van der Waals surface area contributed by atoms with E-state index in [1.54, 1.807) is 7.11 Å². The average molecular weight is 491 g/mol. The van der Waals surface area contributed by atoms with E-state index in [9.17, 15) is 0 Å². The molecule has 1 aromatic rings. The molecule has 0 aliphatic heterocycles. The van der Waals surface area contributed by atoms with Gasteiger partial charge in [-0.2, -0.15) is 0 Å². The molecule has 2 N–H and O–H groups in total. The lowest BCUT2D eigenvalue weighted by Crippen LogP contribution is -2.41. The minimum absolute atomic E-state index is 0. The first-order valence-corrected chi connectivity index (χ1v) is 9.50. The topological polar surface area (TPSA) is 52.1 Å². The Morgan fingerprint density at radius 1 is 0.963 bits per heavy atom. The molecule has 0 aliphatic carbocycles. The normalized spacial score (nSPS) is 11.6. The molecule has 0 saturated heterocycles. The Morgan fingerprint density at radius 2 is 1.63 bits per heavy atom. The van der Waals surface area contributed by atoms with Gasteiger partial charge < -0.3 is 25.2 Å². The molecule has 0 radical (unpaired) electrons. The van der Waals surface area contributed by atoms with E-state index in [2.05, 4.69) is 69.9 Å². The molecule has 0 aliphatic rings. The lowest BCUT2D eigenvalue weighted by atomic mass is 10.2. The number of aliphatic imine (C=N–C) groups is 1. The fourth-order valence-corrected chi connectivity index (χ4v) is 2.71. The number of nitrogens with one attached hydrogen (secondary N) is 2. The Bertz CT molecular complexity index is 487. The lowest BCUT2D eigenvalue weighted by Gasteiger charge is -2.19. The van der Waals surface area contributed by atoms with Gasteiger partial charge in [-0.15, -0.1) is 24.0 Å². The van der Waals surface area contributed by atoms with Gasteiger partial charge in [0.25, 0.3) is 0 Å². The minimum atomic E-state index is 0. The standard InChI is InChI=1S/C20H37N5O.HI/c1-21-20(23-13-16-24(2)15-9-17-26-4)22-12-8-14-25(3)18-19-10-6-5-7-11-19;/h5-7,10-11H,8-9,12-18H2,1-4H3,(H2,21,22,23);1H. The van der Waals surface area contributed by atoms with E-state index in [4.69, 9.17) is 4.74 Å². The lowest BCUT2D eigenvalue weighted by molar-refractivity contribution is 0.180. The van der Waals surface area contributed by atoms with Gasteiger partial charge in [0, 0.05) is 53.5 Å². The average Bonchev–Trinajstić information content (AvgIpc) is 2.64. The summed E-state index contributed by atoms with van der Waals surface area (Å²) in [5.74, 6) is 0.876. The highest BCUT2D eigenvalue weighted by Crippen LogP contribution is 2.02. The van der Waals surface area contributed by atoms with Gasteiger partial charge in [0.2, 0.25) is 0 Å². The highest BCUT2D eigenvalue weighted by atomic mass is 127. The van der Waals surface area contributed by atoms with Crippen LogP contribution in [-0.2, 0) is 11.3 Å². The van der Waals surface area contributed by atoms with Crippen molar-refractivity contribution in [2.45, 2.75) is 19.4 Å². The molecule has 0 amide bonds. The van der Waals surface area contributed by atoms with Crippen LogP contribution in [-0.4, -0.2) is 83.3 Å². The second-order valence-corrected chi connectivity index (χ2v) is 6.65. The van der Waals surface area contributed by atoms with Crippen LogP contribution in [0.15, 0.2) is 35.3 Å². The van der Waals surface area contributed by atoms with E-state index in [0.29, 0.717) is 0 Å². The molecule has 156 valence electrons. The number of likely N-dealkylation sites (N-methyl/N-ethyl adjacent to an activating group) is 1. The Hall–Kier alpha value is -0.900. The monoisotopic (exact) mass is 491 g/mol. The molecule has 0 aromatic heterocycles. The number of hydrogen-bond donors (Lipinski definition) is 2. The smallest absolute Gasteiger partial charge is 0.191 e. The van der Waals surface area contributed by atoms with Gasteiger partial charge in [0.1, 0.15) is 0 Å². The molecule has 27 heavy (non-hydrogen) atoms. The van der Waals surface area contributed by atoms with Gasteiger partial charge in [-0.3, -0.25) is 4.99 Å². The summed E-state index contributed by atoms with van der Waals surface area (Å²) in [6.07, 6.45) is 2.15. The van der Waals surface area contributed by atoms with E-state index >= 15 is 0 Å². The van der Waals surface area contributed by atoms with E-state index in [1.807, 2.05) is 7.05 Å². The number of hydrogen-bond acceptors (Lipinski definition) is 4. The molecule has 6 nitrogen and oxygen atoms in total. The summed E-state index contributed by atoms with van der Waals surface area (Å²) in [5, 5.41) is 6.76. The van der Waals surface area contributed by atoms with Crippen molar-refractivity contribution in [2.24, 2.45) is 4.99 Å². The first kappa shape index (κ1) is 26.1. The third-order valence-corrected chi connectivity index (χ3v) is 4.20. The van der Waals surface area contributed by atoms with E-state index in [0.717, 1.165) is 64.7 Å². The predicted molar refractivity (Wildman–Crippen MR) is 126 cm³/mol. The zero-order valence-corrected chi connectivity index (χ0v) is 19.7. The molecule has 0 fully saturated rings. The third-order valence-electron chi connectivity index (χ3n) is 4.20. The number of methoxy groups -OCH3 is 1. The Balaban J connectivity index is 0.00000676. The van der Waals surface area contributed by atoms with Gasteiger partial charge in [-0.25, -0.2) is 0 Å². The highest BCUT2D eigenvalue weighted by molar-refractivity contribution is 14.0. The van der Waals surface area contributed by atoms with Crippen molar-refractivity contribution in [3.8, 4) is 0 Å². The maximum atomic E-state index is 5.08. The first-order chi connectivity index (χ1) is 12.7. The van der Waals surface area contributed by atoms with Crippen molar-refractivity contribution in [2.75, 3.05) is 67.6 Å². The van der Waals surface area contributed by atoms with Crippen molar-refractivity contribution in [1.29, 1.82) is 0 Å². The van der Waals surface area contributed by atoms with Gasteiger partial charge in [0.15, 0.2) is 5.96 Å². The van der Waals surface area contributed by atoms with Gasteiger partial charge >= 0.3 is 0 Å². The van der Waals surface area contributed by atoms with Gasteiger partial charge in [-0.1, -0.05) is 30.3 Å². The van der Waals surface area contributed by atoms with Crippen LogP contribution in [0.1, 0.15) is 18.4 Å². The van der Waals surface area contributed by atoms with Gasteiger partial charge in [-0.05, 0) is 39.0 Å². The zero-order valence-electron chi connectivity index (χ0n) is 17.4. The number of rotatable bonds is 13. The summed E-state index contributed by atoms with van der Waals surface area (Å²) in [5.41, 5.74) is 1.36. The first-order valence-electron chi connectivity index (χ1n) is 9.50. The largest absolute Gasteiger partial charge is 0.385 e. The quantitative estimate of drug-likeness (QED) is 0.192. The van der Waals surface area contributed by atoms with Crippen molar-refractivity contribution in [1.82, 2.24) is 20.4 Å². The van der Waals surface area contributed by atoms with Crippen LogP contribution in [0.5, 0.6) is 0 Å². The summed E-state index contributed by atoms with van der Waals surface area (Å²) in [6.45, 7) is 6.71. The molecular formula is C20H38IN5O. The molecule has 0 saturated carbocycles. The molecule has 0 spiro atoms. The van der Waals surface area contributed by atoms with Crippen LogP contribution in [0.4, 0.5) is 0 Å². The van der Waals surface area contributed by atoms with Crippen LogP contribution < -0.4 is 10.6 Å². The maximum absolute atomic E-state index is 5.08. The van der Waals surface area contributed by atoms with E-state index in [-0.39, 0.29) is 24.0 Å². The Morgan fingerprint density at radius 3 is 2.30 bits per heavy atom. The van der Waals surface area contributed by atoms with Gasteiger partial charge in [0.05, 0.1) is 0 Å². The molecule has 0 heterocycles. The molecule has 0 unspecified atom stereocenters. The van der Waals surface area contributed by atoms with Crippen LogP contribution in [0, 0.1) is 0 Å². The highest BCUT2D eigenvalue weighted by Gasteiger charge is 2.02. The summed E-state index contributed by atoms with van der Waals surface area (Å²) in [7, 11) is 7.87. The molecule has 7 heteroatoms. The molecular weight excluding hydrogens is 453 g/mol. The van der Waals surface area contributed by atoms with Crippen LogP contribution in [0.2, 0.25) is 0 Å². The Kier molecular flexibility index (Phi) is 16.6. The number of guanidine groups is 1. The maximum Gasteiger partial charge on any atom is 0.191 e. The number of halogens is 1. The second kappa shape index (κ2) is 17.2. The van der Waals surface area contributed by atoms with Crippen molar-refractivity contribution in [3.05, 3.63) is 35.9 Å². The minimum Gasteiger partial charge on any atom is -0.385 e. The number of nitrogens with zero attached hydrogens (tertiary/aromatic N) is 3. The number of benzene rings is 1. The fraction of sp³-hybridized carbons (Fsp3) is 0.650. The molecule has 1 rings (SSSR count). The van der Waals surface area contributed by atoms with Crippen LogP contribution in [0.3, 0.4) is 0 Å². The van der Waals surface area contributed by atoms with E-state index < -0.39 is 0 Å². The molecule has 0 bridgehead atoms. The van der Waals surface area contributed by atoms with Crippen molar-refractivity contribution in [3.63, 3.8) is 0 Å². The van der Waals surface area contributed by atoms with Crippen LogP contribution >= 0.6 is 24.0 Å². The molecule has 1 aromatic carbocycles. The van der Waals surface area contributed by atoms with E-state index in [1.165, 1.54) is 5.56 Å². The van der Waals surface area contributed by atoms with Crippen molar-refractivity contribution < 1.29 is 4.74 Å². The third kappa shape index (κ3) is 13.8. The molecule has 0 atom stereocenters. The summed E-state index contributed by atoms with van der Waals surface area (Å²) >= 11 is 0. The SMILES string of the molecule is CN=C(NCCCN(C)Cc1ccccc1)NCCN(C)CCCOC.I. The predicted octanol–water partition coefficient (Wildman–Crippen LogP) is 2.26. The zero-order chi connectivity index (χ0) is 19.0. The summed E-state index contributed by atoms with van der Waals surface area (Å²) in [6, 6.07) is 10.6. The Labute approximate surface area is 182 Å². The van der Waals surface area contributed by atoms with Crippen LogP contribution in [0.25, 0.3) is 0 Å². The summed E-state index contributed by atoms with van der Waals surface area (Å²) in [4.78, 5) is 8.94. The fourth-order valence-electron chi connectivity index (χ4n) is 2.71. The summed E-state index contributed by atoms with van der Waals surface area (Å²) < 4.78 is 5.08. The second-order valence-electron chi connectivity index (χ2n) is 6.65. The van der Waals surface area contributed by atoms with Crippen molar-refractivity contribution >= 4 is 29.9 Å². The number of ether oxygens (including phenoxy) is 1.